The van der Waals surface area contributed by atoms with E-state index in [1.807, 2.05) is 78.9 Å². The highest BCUT2D eigenvalue weighted by Gasteiger charge is 2.35. The first-order valence-electron chi connectivity index (χ1n) is 10.2. The van der Waals surface area contributed by atoms with E-state index in [1.54, 1.807) is 0 Å². The lowest BCUT2D eigenvalue weighted by Crippen LogP contribution is -2.40. The molecule has 1 aliphatic carbocycles. The zero-order chi connectivity index (χ0) is 19.9. The van der Waals surface area contributed by atoms with Gasteiger partial charge in [-0.25, -0.2) is 0 Å². The van der Waals surface area contributed by atoms with Crippen LogP contribution in [0.15, 0.2) is 84.5 Å². The number of carbonyl (C=O) groups is 1. The fraction of sp³-hybridized carbons (Fsp3) is 0.320. The van der Waals surface area contributed by atoms with Gasteiger partial charge in [-0.1, -0.05) is 72.8 Å². The van der Waals surface area contributed by atoms with Crippen LogP contribution in [0.1, 0.15) is 41.6 Å². The van der Waals surface area contributed by atoms with Crippen LogP contribution in [0, 0.1) is 0 Å². The Labute approximate surface area is 171 Å². The Kier molecular flexibility index (Phi) is 6.35. The second-order valence-electron chi connectivity index (χ2n) is 7.39. The monoisotopic (exact) mass is 390 g/mol. The topological polar surface area (TPSA) is 44.8 Å². The van der Waals surface area contributed by atoms with E-state index in [4.69, 9.17) is 14.2 Å². The van der Waals surface area contributed by atoms with E-state index in [-0.39, 0.29) is 12.1 Å². The summed E-state index contributed by atoms with van der Waals surface area (Å²) in [5.74, 6) is -0.925. The first-order chi connectivity index (χ1) is 14.2. The Morgan fingerprint density at radius 1 is 1.03 bits per heavy atom. The first-order valence-corrected chi connectivity index (χ1v) is 10.2. The normalized spacial score (nSPS) is 24.1. The average Bonchev–Trinajstić information content (AvgIpc) is 2.80. The van der Waals surface area contributed by atoms with Crippen LogP contribution < -0.4 is 0 Å². The Bertz CT molecular complexity index is 866. The van der Waals surface area contributed by atoms with Gasteiger partial charge in [-0.15, -0.1) is 0 Å². The molecule has 0 aromatic heterocycles. The molecule has 2 aliphatic rings. The van der Waals surface area contributed by atoms with Crippen LogP contribution in [-0.4, -0.2) is 24.5 Å². The molecule has 4 nitrogen and oxygen atoms in total. The third kappa shape index (κ3) is 5.10. The number of hydrogen-bond donors (Lipinski definition) is 0. The molecule has 1 saturated heterocycles. The van der Waals surface area contributed by atoms with Crippen LogP contribution in [0.3, 0.4) is 0 Å². The molecule has 0 radical (unpaired) electrons. The third-order valence-corrected chi connectivity index (χ3v) is 5.22. The van der Waals surface area contributed by atoms with Gasteiger partial charge in [0.1, 0.15) is 0 Å². The molecular formula is C25H26O4. The lowest BCUT2D eigenvalue weighted by molar-refractivity contribution is -0.297. The summed E-state index contributed by atoms with van der Waals surface area (Å²) in [6.07, 6.45) is 8.75. The van der Waals surface area contributed by atoms with Gasteiger partial charge in [0.15, 0.2) is 17.9 Å². The number of carbonyl (C=O) groups excluding carboxylic acids is 1. The van der Waals surface area contributed by atoms with E-state index in [0.29, 0.717) is 30.8 Å². The summed E-state index contributed by atoms with van der Waals surface area (Å²) in [4.78, 5) is 12.8. The summed E-state index contributed by atoms with van der Waals surface area (Å²) in [5, 5.41) is 0. The summed E-state index contributed by atoms with van der Waals surface area (Å²) >= 11 is 0. The van der Waals surface area contributed by atoms with Gasteiger partial charge in [0.25, 0.3) is 0 Å². The van der Waals surface area contributed by atoms with Gasteiger partial charge in [-0.3, -0.25) is 4.79 Å². The molecule has 0 N–H and O–H groups in total. The van der Waals surface area contributed by atoms with E-state index < -0.39 is 5.79 Å². The van der Waals surface area contributed by atoms with Crippen LogP contribution in [0.25, 0.3) is 0 Å². The lowest BCUT2D eigenvalue weighted by Gasteiger charge is -2.37. The maximum atomic E-state index is 12.8. The van der Waals surface area contributed by atoms with Crippen molar-refractivity contribution in [1.29, 1.82) is 0 Å². The second kappa shape index (κ2) is 9.31. The molecule has 0 saturated carbocycles. The van der Waals surface area contributed by atoms with Crippen LogP contribution in [-0.2, 0) is 20.8 Å². The minimum Gasteiger partial charge on any atom is -0.353 e. The van der Waals surface area contributed by atoms with Crippen molar-refractivity contribution in [3.8, 4) is 0 Å². The van der Waals surface area contributed by atoms with Crippen molar-refractivity contribution in [3.05, 3.63) is 95.6 Å². The fourth-order valence-electron chi connectivity index (χ4n) is 3.56. The Hall–Kier alpha value is -2.53. The van der Waals surface area contributed by atoms with Crippen molar-refractivity contribution in [1.82, 2.24) is 0 Å². The van der Waals surface area contributed by atoms with E-state index in [1.165, 1.54) is 0 Å². The molecule has 1 aliphatic heterocycles. The smallest absolute Gasteiger partial charge is 0.194 e. The van der Waals surface area contributed by atoms with Crippen molar-refractivity contribution < 1.29 is 19.0 Å². The van der Waals surface area contributed by atoms with Crippen LogP contribution in [0.2, 0.25) is 0 Å². The predicted molar refractivity (Wildman–Crippen MR) is 111 cm³/mol. The second-order valence-corrected chi connectivity index (χ2v) is 7.39. The predicted octanol–water partition coefficient (Wildman–Crippen LogP) is 5.21. The van der Waals surface area contributed by atoms with Gasteiger partial charge in [-0.2, -0.15) is 0 Å². The molecule has 1 heterocycles. The van der Waals surface area contributed by atoms with Crippen molar-refractivity contribution in [2.24, 2.45) is 0 Å². The van der Waals surface area contributed by atoms with Gasteiger partial charge in [0.2, 0.25) is 0 Å². The molecule has 2 aromatic rings. The standard InChI is InChI=1S/C25H26O4/c26-24(21-11-5-2-6-12-21)22-14-16-25(17-15-22,29-23-13-7-8-18-27-23)28-19-20-9-3-1-4-10-20/h1-6,9-12,14-16,23H,7-8,13,17-19H2. The quantitative estimate of drug-likeness (QED) is 0.481. The molecule has 150 valence electrons. The van der Waals surface area contributed by atoms with Gasteiger partial charge in [0, 0.05) is 24.2 Å². The van der Waals surface area contributed by atoms with Crippen molar-refractivity contribution in [2.45, 2.75) is 44.4 Å². The summed E-state index contributed by atoms with van der Waals surface area (Å²) in [6, 6.07) is 19.3. The van der Waals surface area contributed by atoms with E-state index in [2.05, 4.69) is 0 Å². The van der Waals surface area contributed by atoms with Gasteiger partial charge in [-0.05, 0) is 30.9 Å². The highest BCUT2D eigenvalue weighted by atomic mass is 16.8. The lowest BCUT2D eigenvalue weighted by atomic mass is 9.95. The van der Waals surface area contributed by atoms with Crippen LogP contribution in [0.4, 0.5) is 0 Å². The third-order valence-electron chi connectivity index (χ3n) is 5.22. The Morgan fingerprint density at radius 3 is 2.45 bits per heavy atom. The number of ketones is 1. The maximum absolute atomic E-state index is 12.8. The van der Waals surface area contributed by atoms with Gasteiger partial charge < -0.3 is 14.2 Å². The van der Waals surface area contributed by atoms with Gasteiger partial charge in [0.05, 0.1) is 6.61 Å². The highest BCUT2D eigenvalue weighted by Crippen LogP contribution is 2.32. The molecule has 4 rings (SSSR count). The van der Waals surface area contributed by atoms with Crippen molar-refractivity contribution >= 4 is 5.78 Å². The molecule has 0 amide bonds. The number of rotatable bonds is 7. The van der Waals surface area contributed by atoms with Crippen LogP contribution >= 0.6 is 0 Å². The summed E-state index contributed by atoms with van der Waals surface area (Å²) < 4.78 is 18.3. The van der Waals surface area contributed by atoms with Crippen molar-refractivity contribution in [2.75, 3.05) is 6.61 Å². The largest absolute Gasteiger partial charge is 0.353 e. The molecule has 29 heavy (non-hydrogen) atoms. The van der Waals surface area contributed by atoms with Crippen LogP contribution in [0.5, 0.6) is 0 Å². The zero-order valence-corrected chi connectivity index (χ0v) is 16.5. The summed E-state index contributed by atoms with van der Waals surface area (Å²) in [5.41, 5.74) is 2.41. The SMILES string of the molecule is O=C(C1=CCC(OCc2ccccc2)(OC2CCCCO2)C=C1)c1ccccc1. The van der Waals surface area contributed by atoms with Crippen molar-refractivity contribution in [3.63, 3.8) is 0 Å². The fourth-order valence-corrected chi connectivity index (χ4v) is 3.56. The summed E-state index contributed by atoms with van der Waals surface area (Å²) in [7, 11) is 0. The average molecular weight is 390 g/mol. The number of Topliss-reactive ketones (excluding diaryl/α,β-unsaturated/α-hetero) is 1. The molecule has 2 unspecified atom stereocenters. The Balaban J connectivity index is 1.49. The van der Waals surface area contributed by atoms with E-state index in [0.717, 1.165) is 24.8 Å². The minimum atomic E-state index is -0.932. The molecule has 0 spiro atoms. The molecule has 2 atom stereocenters. The van der Waals surface area contributed by atoms with Gasteiger partial charge >= 0.3 is 0 Å². The highest BCUT2D eigenvalue weighted by molar-refractivity contribution is 6.10. The molecule has 2 aromatic carbocycles. The number of ether oxygens (including phenoxy) is 3. The Morgan fingerprint density at radius 2 is 1.79 bits per heavy atom. The number of allylic oxidation sites excluding steroid dienone is 2. The maximum Gasteiger partial charge on any atom is 0.194 e. The molecule has 0 bridgehead atoms. The van der Waals surface area contributed by atoms with E-state index >= 15 is 0 Å². The zero-order valence-electron chi connectivity index (χ0n) is 16.5. The molecule has 4 heteroatoms. The summed E-state index contributed by atoms with van der Waals surface area (Å²) in [6.45, 7) is 1.13. The first kappa shape index (κ1) is 19.8. The number of benzene rings is 2. The molecular weight excluding hydrogens is 364 g/mol. The number of hydrogen-bond acceptors (Lipinski definition) is 4. The van der Waals surface area contributed by atoms with E-state index in [9.17, 15) is 4.79 Å². The molecule has 1 fully saturated rings. The minimum absolute atomic E-state index is 0.00688.